The highest BCUT2D eigenvalue weighted by molar-refractivity contribution is 5.89. The summed E-state index contributed by atoms with van der Waals surface area (Å²) < 4.78 is 10.3. The maximum absolute atomic E-state index is 11.4. The number of para-hydroxylation sites is 1. The van der Waals surface area contributed by atoms with Gasteiger partial charge in [0.1, 0.15) is 12.4 Å². The predicted molar refractivity (Wildman–Crippen MR) is 84.8 cm³/mol. The molecule has 0 aliphatic rings. The molecule has 4 nitrogen and oxygen atoms in total. The van der Waals surface area contributed by atoms with Crippen molar-refractivity contribution in [1.29, 1.82) is 0 Å². The third-order valence-corrected chi connectivity index (χ3v) is 3.07. The van der Waals surface area contributed by atoms with E-state index in [4.69, 9.17) is 4.74 Å². The van der Waals surface area contributed by atoms with Crippen LogP contribution in [0.4, 0.5) is 0 Å². The van der Waals surface area contributed by atoms with Crippen molar-refractivity contribution < 1.29 is 19.4 Å². The molecule has 0 aliphatic heterocycles. The molecule has 0 bridgehead atoms. The van der Waals surface area contributed by atoms with Crippen molar-refractivity contribution in [2.75, 3.05) is 20.3 Å². The fourth-order valence-corrected chi connectivity index (χ4v) is 1.89. The van der Waals surface area contributed by atoms with Crippen molar-refractivity contribution in [3.05, 3.63) is 71.3 Å². The fourth-order valence-electron chi connectivity index (χ4n) is 1.89. The Hall–Kier alpha value is -2.59. The van der Waals surface area contributed by atoms with Gasteiger partial charge in [-0.3, -0.25) is 0 Å². The number of carbonyl (C=O) groups is 1. The smallest absolute Gasteiger partial charge is 0.337 e. The average molecular weight is 298 g/mol. The van der Waals surface area contributed by atoms with E-state index in [2.05, 4.69) is 4.74 Å². The lowest BCUT2D eigenvalue weighted by Gasteiger charge is -2.08. The van der Waals surface area contributed by atoms with Gasteiger partial charge in [0.05, 0.1) is 19.3 Å². The number of methoxy groups -OCH3 is 1. The number of rotatable bonds is 6. The minimum Gasteiger partial charge on any atom is -0.489 e. The normalized spacial score (nSPS) is 11.1. The average Bonchev–Trinajstić information content (AvgIpc) is 2.59. The van der Waals surface area contributed by atoms with Crippen LogP contribution in [0, 0.1) is 0 Å². The van der Waals surface area contributed by atoms with Gasteiger partial charge in [0.15, 0.2) is 0 Å². The number of esters is 1. The number of carbonyl (C=O) groups excluding carboxylic acids is 1. The predicted octanol–water partition coefficient (Wildman–Crippen LogP) is 2.93. The third-order valence-electron chi connectivity index (χ3n) is 3.07. The second-order valence-electron chi connectivity index (χ2n) is 4.68. The minimum atomic E-state index is -0.370. The van der Waals surface area contributed by atoms with Crippen LogP contribution in [0.3, 0.4) is 0 Å². The summed E-state index contributed by atoms with van der Waals surface area (Å²) in [5, 5.41) is 9.42. The van der Waals surface area contributed by atoms with E-state index in [1.165, 1.54) is 7.11 Å². The van der Waals surface area contributed by atoms with Crippen LogP contribution in [0.25, 0.3) is 6.08 Å². The van der Waals surface area contributed by atoms with Crippen molar-refractivity contribution in [3.8, 4) is 5.75 Å². The molecule has 0 amide bonds. The van der Waals surface area contributed by atoms with E-state index in [1.807, 2.05) is 36.4 Å². The Kier molecular flexibility index (Phi) is 5.74. The van der Waals surface area contributed by atoms with Crippen LogP contribution in [-0.2, 0) is 4.74 Å². The Morgan fingerprint density at radius 1 is 1.09 bits per heavy atom. The van der Waals surface area contributed by atoms with Crippen LogP contribution in [0.15, 0.2) is 60.2 Å². The number of ether oxygens (including phenoxy) is 2. The Bertz CT molecular complexity index is 630. The molecule has 2 rings (SSSR count). The minimum absolute atomic E-state index is 0.0917. The number of aliphatic hydroxyl groups excluding tert-OH is 1. The first-order valence-electron chi connectivity index (χ1n) is 6.89. The monoisotopic (exact) mass is 298 g/mol. The molecular weight excluding hydrogens is 280 g/mol. The largest absolute Gasteiger partial charge is 0.489 e. The number of aliphatic hydroxyl groups is 1. The summed E-state index contributed by atoms with van der Waals surface area (Å²) in [6, 6.07) is 16.4. The van der Waals surface area contributed by atoms with Crippen LogP contribution < -0.4 is 4.74 Å². The van der Waals surface area contributed by atoms with Gasteiger partial charge in [-0.05, 0) is 35.4 Å². The van der Waals surface area contributed by atoms with Gasteiger partial charge >= 0.3 is 5.97 Å². The van der Waals surface area contributed by atoms with E-state index >= 15 is 0 Å². The summed E-state index contributed by atoms with van der Waals surface area (Å²) in [6.07, 6.45) is 1.84. The maximum Gasteiger partial charge on any atom is 0.337 e. The van der Waals surface area contributed by atoms with E-state index in [-0.39, 0.29) is 12.6 Å². The highest BCUT2D eigenvalue weighted by atomic mass is 16.5. The Morgan fingerprint density at radius 3 is 2.36 bits per heavy atom. The van der Waals surface area contributed by atoms with E-state index in [0.717, 1.165) is 16.9 Å². The molecule has 0 saturated carbocycles. The van der Waals surface area contributed by atoms with Crippen molar-refractivity contribution >= 4 is 12.0 Å². The summed E-state index contributed by atoms with van der Waals surface area (Å²) in [6.45, 7) is 0.213. The lowest BCUT2D eigenvalue weighted by atomic mass is 10.1. The van der Waals surface area contributed by atoms with Crippen molar-refractivity contribution in [1.82, 2.24) is 0 Å². The Labute approximate surface area is 129 Å². The first-order valence-corrected chi connectivity index (χ1v) is 6.89. The second-order valence-corrected chi connectivity index (χ2v) is 4.68. The molecule has 2 aromatic rings. The van der Waals surface area contributed by atoms with E-state index in [0.29, 0.717) is 12.2 Å². The quantitative estimate of drug-likeness (QED) is 0.833. The molecule has 0 heterocycles. The molecule has 0 aliphatic carbocycles. The number of hydrogen-bond donors (Lipinski definition) is 1. The van der Waals surface area contributed by atoms with Crippen molar-refractivity contribution in [2.45, 2.75) is 0 Å². The zero-order valence-corrected chi connectivity index (χ0v) is 12.4. The molecule has 4 heteroatoms. The van der Waals surface area contributed by atoms with E-state index in [9.17, 15) is 9.90 Å². The molecule has 0 unspecified atom stereocenters. The Morgan fingerprint density at radius 2 is 1.77 bits per heavy atom. The van der Waals surface area contributed by atoms with Gasteiger partial charge in [-0.2, -0.15) is 0 Å². The van der Waals surface area contributed by atoms with Crippen LogP contribution >= 0.6 is 0 Å². The molecular formula is C18H18O4. The first-order chi connectivity index (χ1) is 10.7. The van der Waals surface area contributed by atoms with Crippen LogP contribution in [0.5, 0.6) is 5.75 Å². The molecule has 0 fully saturated rings. The highest BCUT2D eigenvalue weighted by Crippen LogP contribution is 2.13. The Balaban J connectivity index is 2.03. The van der Waals surface area contributed by atoms with Crippen molar-refractivity contribution in [2.24, 2.45) is 0 Å². The number of hydrogen-bond acceptors (Lipinski definition) is 4. The van der Waals surface area contributed by atoms with Crippen LogP contribution in [0.1, 0.15) is 15.9 Å². The van der Waals surface area contributed by atoms with Gasteiger partial charge in [0.2, 0.25) is 0 Å². The molecule has 0 spiro atoms. The topological polar surface area (TPSA) is 55.8 Å². The lowest BCUT2D eigenvalue weighted by molar-refractivity contribution is 0.0600. The fraction of sp³-hybridized carbons (Fsp3) is 0.167. The van der Waals surface area contributed by atoms with Gasteiger partial charge < -0.3 is 14.6 Å². The van der Waals surface area contributed by atoms with Crippen LogP contribution in [0.2, 0.25) is 0 Å². The summed E-state index contributed by atoms with van der Waals surface area (Å²) in [5.41, 5.74) is 2.12. The molecule has 0 radical (unpaired) electrons. The summed E-state index contributed by atoms with van der Waals surface area (Å²) in [5.74, 6) is 0.383. The van der Waals surface area contributed by atoms with Crippen LogP contribution in [-0.4, -0.2) is 31.4 Å². The SMILES string of the molecule is COC(=O)c1ccc(C=C(CO)COc2ccccc2)cc1. The van der Waals surface area contributed by atoms with E-state index < -0.39 is 0 Å². The maximum atomic E-state index is 11.4. The lowest BCUT2D eigenvalue weighted by Crippen LogP contribution is -2.05. The molecule has 1 N–H and O–H groups in total. The molecule has 0 saturated heterocycles. The van der Waals surface area contributed by atoms with Gasteiger partial charge in [0.25, 0.3) is 0 Å². The second kappa shape index (κ2) is 8.00. The van der Waals surface area contributed by atoms with Gasteiger partial charge in [0, 0.05) is 0 Å². The summed E-state index contributed by atoms with van der Waals surface area (Å²) in [4.78, 5) is 11.4. The summed E-state index contributed by atoms with van der Waals surface area (Å²) >= 11 is 0. The molecule has 22 heavy (non-hydrogen) atoms. The number of benzene rings is 2. The molecule has 0 aromatic heterocycles. The third kappa shape index (κ3) is 4.46. The molecule has 114 valence electrons. The molecule has 0 atom stereocenters. The highest BCUT2D eigenvalue weighted by Gasteiger charge is 2.04. The van der Waals surface area contributed by atoms with E-state index in [1.54, 1.807) is 24.3 Å². The zero-order chi connectivity index (χ0) is 15.8. The van der Waals surface area contributed by atoms with Gasteiger partial charge in [-0.15, -0.1) is 0 Å². The first kappa shape index (κ1) is 15.8. The van der Waals surface area contributed by atoms with Crippen molar-refractivity contribution in [3.63, 3.8) is 0 Å². The standard InChI is InChI=1S/C18H18O4/c1-21-18(20)16-9-7-14(8-10-16)11-15(12-19)13-22-17-5-3-2-4-6-17/h2-11,19H,12-13H2,1H3. The van der Waals surface area contributed by atoms with Gasteiger partial charge in [-0.25, -0.2) is 4.79 Å². The van der Waals surface area contributed by atoms with Gasteiger partial charge in [-0.1, -0.05) is 36.4 Å². The zero-order valence-electron chi connectivity index (χ0n) is 12.4. The summed E-state index contributed by atoms with van der Waals surface area (Å²) in [7, 11) is 1.35. The molecule has 2 aromatic carbocycles.